The van der Waals surface area contributed by atoms with E-state index >= 15 is 0 Å². The molecule has 180 valence electrons. The summed E-state index contributed by atoms with van der Waals surface area (Å²) in [7, 11) is 1.48. The van der Waals surface area contributed by atoms with E-state index in [1.165, 1.54) is 36.3 Å². The second kappa shape index (κ2) is 10.9. The fourth-order valence-corrected chi connectivity index (χ4v) is 3.87. The average Bonchev–Trinajstić information content (AvgIpc) is 3.08. The van der Waals surface area contributed by atoms with Gasteiger partial charge in [0.25, 0.3) is 17.4 Å². The number of nitrogens with zero attached hydrogens (tertiary/aromatic N) is 2. The van der Waals surface area contributed by atoms with E-state index in [4.69, 9.17) is 9.47 Å². The summed E-state index contributed by atoms with van der Waals surface area (Å²) < 4.78 is 10.8. The Bertz CT molecular complexity index is 1110. The van der Waals surface area contributed by atoms with Gasteiger partial charge in [-0.25, -0.2) is 0 Å². The number of amides is 1. The van der Waals surface area contributed by atoms with E-state index in [0.717, 1.165) is 18.4 Å². The van der Waals surface area contributed by atoms with Crippen LogP contribution < -0.4 is 4.74 Å². The summed E-state index contributed by atoms with van der Waals surface area (Å²) in [6.07, 6.45) is 1.92. The highest BCUT2D eigenvalue weighted by atomic mass is 16.6. The number of nitro benzene ring substituents is 1. The third-order valence-electron chi connectivity index (χ3n) is 5.70. The van der Waals surface area contributed by atoms with Gasteiger partial charge in [0.15, 0.2) is 0 Å². The van der Waals surface area contributed by atoms with Crippen molar-refractivity contribution in [3.63, 3.8) is 0 Å². The van der Waals surface area contributed by atoms with Crippen LogP contribution in [-0.2, 0) is 14.3 Å². The molecule has 3 rings (SSSR count). The van der Waals surface area contributed by atoms with Crippen molar-refractivity contribution in [2.24, 2.45) is 0 Å². The minimum Gasteiger partial charge on any atom is -0.507 e. The first-order chi connectivity index (χ1) is 16.3. The largest absolute Gasteiger partial charge is 0.507 e. The number of aliphatic hydroxyl groups excluding tert-OH is 1. The number of aryl methyl sites for hydroxylation is 1. The second-order valence-electron chi connectivity index (χ2n) is 8.02. The Kier molecular flexibility index (Phi) is 8.01. The van der Waals surface area contributed by atoms with Gasteiger partial charge in [-0.3, -0.25) is 19.7 Å². The van der Waals surface area contributed by atoms with Crippen LogP contribution in [0.4, 0.5) is 5.69 Å². The number of carbonyl (C=O) groups is 2. The zero-order chi connectivity index (χ0) is 24.8. The van der Waals surface area contributed by atoms with E-state index in [0.29, 0.717) is 23.5 Å². The van der Waals surface area contributed by atoms with Crippen molar-refractivity contribution in [2.45, 2.75) is 32.7 Å². The van der Waals surface area contributed by atoms with Crippen LogP contribution in [0.1, 0.15) is 42.5 Å². The molecule has 2 aromatic rings. The molecule has 0 spiro atoms. The number of ketones is 1. The standard InChI is InChI=1S/C25H28N2O7/c1-4-5-13-34-20-11-8-18(15-16(20)2)23(28)21-22(17-6-9-19(10-7-17)27(31)32)26(12-14-33-3)25(30)24(21)29/h6-11,15,22,28H,4-5,12-14H2,1-3H3/b23-21+/t22-/m0/s1. The second-order valence-corrected chi connectivity index (χ2v) is 8.02. The fourth-order valence-electron chi connectivity index (χ4n) is 3.87. The highest BCUT2D eigenvalue weighted by molar-refractivity contribution is 6.46. The lowest BCUT2D eigenvalue weighted by atomic mass is 9.94. The van der Waals surface area contributed by atoms with Gasteiger partial charge >= 0.3 is 0 Å². The predicted octanol–water partition coefficient (Wildman–Crippen LogP) is 4.15. The number of rotatable bonds is 10. The zero-order valence-electron chi connectivity index (χ0n) is 19.4. The number of Topliss-reactive ketones (excluding diaryl/α,β-unsaturated/α-hetero) is 1. The molecule has 34 heavy (non-hydrogen) atoms. The smallest absolute Gasteiger partial charge is 0.295 e. The molecular formula is C25H28N2O7. The van der Waals surface area contributed by atoms with Gasteiger partial charge in [0.05, 0.1) is 29.8 Å². The topological polar surface area (TPSA) is 119 Å². The number of nitro groups is 1. The molecule has 2 aromatic carbocycles. The van der Waals surface area contributed by atoms with E-state index in [1.807, 2.05) is 6.92 Å². The summed E-state index contributed by atoms with van der Waals surface area (Å²) in [5, 5.41) is 22.2. The Morgan fingerprint density at radius 2 is 1.85 bits per heavy atom. The van der Waals surface area contributed by atoms with Crippen molar-refractivity contribution < 1.29 is 29.1 Å². The van der Waals surface area contributed by atoms with Crippen LogP contribution in [0.25, 0.3) is 5.76 Å². The van der Waals surface area contributed by atoms with Crippen molar-refractivity contribution in [2.75, 3.05) is 26.9 Å². The lowest BCUT2D eigenvalue weighted by molar-refractivity contribution is -0.384. The molecule has 9 nitrogen and oxygen atoms in total. The summed E-state index contributed by atoms with van der Waals surface area (Å²) in [5.41, 5.74) is 1.43. The average molecular weight is 469 g/mol. The van der Waals surface area contributed by atoms with E-state index in [2.05, 4.69) is 6.92 Å². The molecule has 0 saturated carbocycles. The Balaban J connectivity index is 2.06. The summed E-state index contributed by atoms with van der Waals surface area (Å²) in [6.45, 7) is 4.78. The van der Waals surface area contributed by atoms with Crippen LogP contribution in [0.15, 0.2) is 48.0 Å². The molecule has 1 heterocycles. The molecule has 1 amide bonds. The molecule has 0 unspecified atom stereocenters. The molecule has 1 N–H and O–H groups in total. The van der Waals surface area contributed by atoms with Gasteiger partial charge in [-0.1, -0.05) is 13.3 Å². The molecule has 1 fully saturated rings. The monoisotopic (exact) mass is 468 g/mol. The quantitative estimate of drug-likeness (QED) is 0.139. The molecule has 1 saturated heterocycles. The molecule has 9 heteroatoms. The Hall–Kier alpha value is -3.72. The number of unbranched alkanes of at least 4 members (excludes halogenated alkanes) is 1. The Morgan fingerprint density at radius 1 is 1.15 bits per heavy atom. The van der Waals surface area contributed by atoms with Crippen LogP contribution in [0, 0.1) is 17.0 Å². The van der Waals surface area contributed by atoms with Crippen molar-refractivity contribution >= 4 is 23.1 Å². The Morgan fingerprint density at radius 3 is 2.44 bits per heavy atom. The summed E-state index contributed by atoms with van der Waals surface area (Å²) in [6, 6.07) is 9.73. The van der Waals surface area contributed by atoms with Gasteiger partial charge in [0.1, 0.15) is 11.5 Å². The maximum absolute atomic E-state index is 13.0. The predicted molar refractivity (Wildman–Crippen MR) is 126 cm³/mol. The van der Waals surface area contributed by atoms with Crippen LogP contribution >= 0.6 is 0 Å². The van der Waals surface area contributed by atoms with Crippen molar-refractivity contribution in [3.8, 4) is 5.75 Å². The summed E-state index contributed by atoms with van der Waals surface area (Å²) in [5.74, 6) is -1.22. The van der Waals surface area contributed by atoms with E-state index < -0.39 is 22.7 Å². The first-order valence-corrected chi connectivity index (χ1v) is 11.1. The number of ether oxygens (including phenoxy) is 2. The van der Waals surface area contributed by atoms with Gasteiger partial charge in [-0.15, -0.1) is 0 Å². The number of hydrogen-bond acceptors (Lipinski definition) is 7. The Labute approximate surface area is 197 Å². The first-order valence-electron chi connectivity index (χ1n) is 11.1. The van der Waals surface area contributed by atoms with Crippen molar-refractivity contribution in [1.82, 2.24) is 4.90 Å². The van der Waals surface area contributed by atoms with Crippen LogP contribution in [0.5, 0.6) is 5.75 Å². The fraction of sp³-hybridized carbons (Fsp3) is 0.360. The normalized spacial score (nSPS) is 17.3. The maximum atomic E-state index is 13.0. The van der Waals surface area contributed by atoms with Crippen molar-refractivity contribution in [1.29, 1.82) is 0 Å². The van der Waals surface area contributed by atoms with Gasteiger partial charge in [0.2, 0.25) is 0 Å². The lowest BCUT2D eigenvalue weighted by Gasteiger charge is -2.25. The SMILES string of the molecule is CCCCOc1ccc(/C(O)=C2\C(=O)C(=O)N(CCOC)[C@H]2c2ccc([N+](=O)[O-])cc2)cc1C. The highest BCUT2D eigenvalue weighted by Crippen LogP contribution is 2.40. The van der Waals surface area contributed by atoms with Gasteiger partial charge in [-0.2, -0.15) is 0 Å². The maximum Gasteiger partial charge on any atom is 0.295 e. The molecule has 1 aliphatic rings. The van der Waals surface area contributed by atoms with E-state index in [-0.39, 0.29) is 30.2 Å². The van der Waals surface area contributed by atoms with E-state index in [9.17, 15) is 24.8 Å². The van der Waals surface area contributed by atoms with Crippen LogP contribution in [0.2, 0.25) is 0 Å². The van der Waals surface area contributed by atoms with Gasteiger partial charge in [-0.05, 0) is 54.8 Å². The molecule has 1 aliphatic heterocycles. The number of methoxy groups -OCH3 is 1. The molecule has 0 bridgehead atoms. The number of non-ortho nitro benzene ring substituents is 1. The molecule has 0 aromatic heterocycles. The van der Waals surface area contributed by atoms with Gasteiger partial charge < -0.3 is 19.5 Å². The van der Waals surface area contributed by atoms with Crippen molar-refractivity contribution in [3.05, 3.63) is 74.8 Å². The molecule has 0 radical (unpaired) electrons. The number of benzene rings is 2. The number of carbonyl (C=O) groups excluding carboxylic acids is 2. The molecular weight excluding hydrogens is 440 g/mol. The van der Waals surface area contributed by atoms with E-state index in [1.54, 1.807) is 18.2 Å². The molecule has 1 atom stereocenters. The van der Waals surface area contributed by atoms with Crippen LogP contribution in [-0.4, -0.2) is 53.5 Å². The third kappa shape index (κ3) is 5.09. The minimum atomic E-state index is -0.906. The summed E-state index contributed by atoms with van der Waals surface area (Å²) in [4.78, 5) is 37.7. The summed E-state index contributed by atoms with van der Waals surface area (Å²) >= 11 is 0. The third-order valence-corrected chi connectivity index (χ3v) is 5.70. The zero-order valence-corrected chi connectivity index (χ0v) is 19.4. The highest BCUT2D eigenvalue weighted by Gasteiger charge is 2.46. The number of aliphatic hydroxyl groups is 1. The molecule has 0 aliphatic carbocycles. The van der Waals surface area contributed by atoms with Gasteiger partial charge in [0, 0.05) is 31.4 Å². The number of hydrogen-bond donors (Lipinski definition) is 1. The first kappa shape index (κ1) is 24.9. The lowest BCUT2D eigenvalue weighted by Crippen LogP contribution is -2.32. The number of likely N-dealkylation sites (tertiary alicyclic amines) is 1. The van der Waals surface area contributed by atoms with Crippen LogP contribution in [0.3, 0.4) is 0 Å². The minimum absolute atomic E-state index is 0.0750.